The SMILES string of the molecule is Cc1ccc(-n2nc(C(=O)O)ccc2=O)s1. The first-order valence-electron chi connectivity index (χ1n) is 4.48. The van der Waals surface area contributed by atoms with Crippen molar-refractivity contribution in [2.45, 2.75) is 6.92 Å². The normalized spacial score (nSPS) is 10.3. The number of thiophene rings is 1. The summed E-state index contributed by atoms with van der Waals surface area (Å²) in [6.45, 7) is 1.90. The van der Waals surface area contributed by atoms with E-state index < -0.39 is 5.97 Å². The molecule has 0 unspecified atom stereocenters. The highest BCUT2D eigenvalue weighted by molar-refractivity contribution is 7.14. The summed E-state index contributed by atoms with van der Waals surface area (Å²) in [5.41, 5.74) is -0.488. The maximum absolute atomic E-state index is 11.5. The van der Waals surface area contributed by atoms with Gasteiger partial charge in [0.1, 0.15) is 5.00 Å². The summed E-state index contributed by atoms with van der Waals surface area (Å²) >= 11 is 1.38. The van der Waals surface area contributed by atoms with Gasteiger partial charge >= 0.3 is 5.97 Å². The van der Waals surface area contributed by atoms with Crippen LogP contribution in [0.15, 0.2) is 29.1 Å². The summed E-state index contributed by atoms with van der Waals surface area (Å²) in [6, 6.07) is 5.98. The van der Waals surface area contributed by atoms with Gasteiger partial charge in [-0.15, -0.1) is 11.3 Å². The highest BCUT2D eigenvalue weighted by atomic mass is 32.1. The van der Waals surface area contributed by atoms with E-state index in [2.05, 4.69) is 5.10 Å². The first-order chi connectivity index (χ1) is 7.58. The molecule has 2 rings (SSSR count). The van der Waals surface area contributed by atoms with Gasteiger partial charge in [0.05, 0.1) is 0 Å². The number of nitrogens with zero attached hydrogens (tertiary/aromatic N) is 2. The number of hydrogen-bond acceptors (Lipinski definition) is 4. The van der Waals surface area contributed by atoms with Crippen LogP contribution in [-0.4, -0.2) is 20.9 Å². The first-order valence-corrected chi connectivity index (χ1v) is 5.30. The van der Waals surface area contributed by atoms with Gasteiger partial charge in [0.25, 0.3) is 5.56 Å². The van der Waals surface area contributed by atoms with Gasteiger partial charge in [-0.05, 0) is 25.1 Å². The number of rotatable bonds is 2. The fourth-order valence-corrected chi connectivity index (χ4v) is 2.04. The molecule has 0 saturated carbocycles. The monoisotopic (exact) mass is 236 g/mol. The number of aryl methyl sites for hydroxylation is 1. The van der Waals surface area contributed by atoms with Crippen molar-refractivity contribution in [1.82, 2.24) is 9.78 Å². The maximum atomic E-state index is 11.5. The lowest BCUT2D eigenvalue weighted by Crippen LogP contribution is -2.21. The van der Waals surface area contributed by atoms with Gasteiger partial charge in [0, 0.05) is 10.9 Å². The predicted molar refractivity (Wildman–Crippen MR) is 59.4 cm³/mol. The smallest absolute Gasteiger partial charge is 0.356 e. The van der Waals surface area contributed by atoms with Gasteiger partial charge in [-0.25, -0.2) is 4.79 Å². The molecule has 16 heavy (non-hydrogen) atoms. The van der Waals surface area contributed by atoms with Crippen molar-refractivity contribution in [3.8, 4) is 5.00 Å². The summed E-state index contributed by atoms with van der Waals surface area (Å²) in [5.74, 6) is -1.15. The molecule has 0 aromatic carbocycles. The minimum Gasteiger partial charge on any atom is -0.476 e. The molecule has 0 radical (unpaired) electrons. The van der Waals surface area contributed by atoms with Crippen LogP contribution in [0.5, 0.6) is 0 Å². The number of carboxylic acids is 1. The van der Waals surface area contributed by atoms with Gasteiger partial charge in [-0.2, -0.15) is 9.78 Å². The van der Waals surface area contributed by atoms with Crippen molar-refractivity contribution < 1.29 is 9.90 Å². The zero-order chi connectivity index (χ0) is 11.7. The molecular formula is C10H8N2O3S. The Balaban J connectivity index is 2.60. The standard InChI is InChI=1S/C10H8N2O3S/c1-6-2-5-9(16-6)12-8(13)4-3-7(11-12)10(14)15/h2-5H,1H3,(H,14,15). The van der Waals surface area contributed by atoms with Crippen LogP contribution in [0.1, 0.15) is 15.4 Å². The largest absolute Gasteiger partial charge is 0.476 e. The highest BCUT2D eigenvalue weighted by Gasteiger charge is 2.09. The number of hydrogen-bond donors (Lipinski definition) is 1. The van der Waals surface area contributed by atoms with Crippen molar-refractivity contribution >= 4 is 17.3 Å². The average molecular weight is 236 g/mol. The van der Waals surface area contributed by atoms with Crippen LogP contribution in [0.4, 0.5) is 0 Å². The Kier molecular flexibility index (Phi) is 2.57. The van der Waals surface area contributed by atoms with E-state index in [0.717, 1.165) is 9.56 Å². The third-order valence-electron chi connectivity index (χ3n) is 1.95. The Morgan fingerprint density at radius 2 is 2.12 bits per heavy atom. The molecule has 0 spiro atoms. The third kappa shape index (κ3) is 1.87. The van der Waals surface area contributed by atoms with Gasteiger partial charge in [0.15, 0.2) is 5.69 Å². The molecule has 0 amide bonds. The van der Waals surface area contributed by atoms with Crippen LogP contribution in [-0.2, 0) is 0 Å². The number of carbonyl (C=O) groups is 1. The zero-order valence-corrected chi connectivity index (χ0v) is 9.19. The van der Waals surface area contributed by atoms with E-state index in [0.29, 0.717) is 5.00 Å². The lowest BCUT2D eigenvalue weighted by Gasteiger charge is -2.00. The van der Waals surface area contributed by atoms with Gasteiger partial charge < -0.3 is 5.11 Å². The van der Waals surface area contributed by atoms with E-state index in [-0.39, 0.29) is 11.3 Å². The van der Waals surface area contributed by atoms with Crippen LogP contribution in [0.2, 0.25) is 0 Å². The molecule has 0 saturated heterocycles. The van der Waals surface area contributed by atoms with Crippen LogP contribution in [0.25, 0.3) is 5.00 Å². The summed E-state index contributed by atoms with van der Waals surface area (Å²) < 4.78 is 1.10. The molecule has 6 heteroatoms. The topological polar surface area (TPSA) is 72.2 Å². The van der Waals surface area contributed by atoms with Gasteiger partial charge in [-0.1, -0.05) is 0 Å². The van der Waals surface area contributed by atoms with Crippen molar-refractivity contribution in [3.63, 3.8) is 0 Å². The second-order valence-corrected chi connectivity index (χ2v) is 4.42. The number of aromatic carboxylic acids is 1. The molecule has 0 aliphatic carbocycles. The molecule has 1 N–H and O–H groups in total. The summed E-state index contributed by atoms with van der Waals surface area (Å²) in [6.07, 6.45) is 0. The fourth-order valence-electron chi connectivity index (χ4n) is 1.22. The van der Waals surface area contributed by atoms with Crippen molar-refractivity contribution in [3.05, 3.63) is 45.2 Å². The lowest BCUT2D eigenvalue weighted by molar-refractivity contribution is 0.0688. The Hall–Kier alpha value is -1.95. The van der Waals surface area contributed by atoms with Gasteiger partial charge in [0.2, 0.25) is 0 Å². The van der Waals surface area contributed by atoms with E-state index in [1.165, 1.54) is 23.5 Å². The van der Waals surface area contributed by atoms with Crippen LogP contribution >= 0.6 is 11.3 Å². The van der Waals surface area contributed by atoms with Gasteiger partial charge in [-0.3, -0.25) is 4.79 Å². The average Bonchev–Trinajstić information content (AvgIpc) is 2.65. The molecule has 2 heterocycles. The molecule has 0 atom stereocenters. The highest BCUT2D eigenvalue weighted by Crippen LogP contribution is 2.17. The molecule has 0 bridgehead atoms. The van der Waals surface area contributed by atoms with E-state index in [1.54, 1.807) is 6.07 Å². The summed E-state index contributed by atoms with van der Waals surface area (Å²) in [5, 5.41) is 13.2. The Morgan fingerprint density at radius 3 is 2.69 bits per heavy atom. The quantitative estimate of drug-likeness (QED) is 0.853. The second-order valence-electron chi connectivity index (χ2n) is 3.16. The van der Waals surface area contributed by atoms with Crippen molar-refractivity contribution in [1.29, 1.82) is 0 Å². The van der Waals surface area contributed by atoms with Crippen molar-refractivity contribution in [2.75, 3.05) is 0 Å². The van der Waals surface area contributed by atoms with E-state index in [1.807, 2.05) is 13.0 Å². The third-order valence-corrected chi connectivity index (χ3v) is 2.93. The zero-order valence-electron chi connectivity index (χ0n) is 8.38. The van der Waals surface area contributed by atoms with E-state index >= 15 is 0 Å². The predicted octanol–water partition coefficient (Wildman–Crippen LogP) is 1.30. The molecule has 0 aliphatic heterocycles. The lowest BCUT2D eigenvalue weighted by atomic mass is 10.4. The first kappa shape index (κ1) is 10.6. The summed E-state index contributed by atoms with van der Waals surface area (Å²) in [4.78, 5) is 23.3. The Labute approximate surface area is 94.6 Å². The number of carboxylic acid groups (broad SMARTS) is 1. The minimum absolute atomic E-state index is 0.148. The molecule has 0 aliphatic rings. The van der Waals surface area contributed by atoms with Crippen molar-refractivity contribution in [2.24, 2.45) is 0 Å². The maximum Gasteiger partial charge on any atom is 0.356 e. The van der Waals surface area contributed by atoms with Crippen LogP contribution < -0.4 is 5.56 Å². The molecule has 0 fully saturated rings. The fraction of sp³-hybridized carbons (Fsp3) is 0.100. The molecule has 2 aromatic rings. The summed E-state index contributed by atoms with van der Waals surface area (Å²) in [7, 11) is 0. The van der Waals surface area contributed by atoms with Crippen LogP contribution in [0.3, 0.4) is 0 Å². The molecule has 2 aromatic heterocycles. The Bertz CT molecular complexity index is 600. The molecule has 82 valence electrons. The number of aromatic nitrogens is 2. The second kappa shape index (κ2) is 3.90. The van der Waals surface area contributed by atoms with E-state index in [9.17, 15) is 9.59 Å². The molecular weight excluding hydrogens is 228 g/mol. The molecule has 5 nitrogen and oxygen atoms in total. The van der Waals surface area contributed by atoms with E-state index in [4.69, 9.17) is 5.11 Å². The minimum atomic E-state index is -1.15. The van der Waals surface area contributed by atoms with Crippen LogP contribution in [0, 0.1) is 6.92 Å². The Morgan fingerprint density at radius 1 is 1.38 bits per heavy atom.